The van der Waals surface area contributed by atoms with E-state index < -0.39 is 0 Å². The first-order chi connectivity index (χ1) is 11.2. The fourth-order valence-electron chi connectivity index (χ4n) is 5.00. The van der Waals surface area contributed by atoms with Crippen LogP contribution in [0.3, 0.4) is 0 Å². The van der Waals surface area contributed by atoms with Crippen LogP contribution in [-0.4, -0.2) is 11.8 Å². The minimum atomic E-state index is -0.165. The Hall–Kier alpha value is -2.42. The minimum absolute atomic E-state index is 0.00342. The zero-order chi connectivity index (χ0) is 15.7. The molecule has 3 aliphatic rings. The maximum absolute atomic E-state index is 13.1. The molecule has 2 fully saturated rings. The van der Waals surface area contributed by atoms with E-state index >= 15 is 0 Å². The number of benzene rings is 2. The molecular weight excluding hydrogens is 286 g/mol. The van der Waals surface area contributed by atoms with Crippen LogP contribution in [-0.2, 0) is 9.59 Å². The first kappa shape index (κ1) is 13.1. The van der Waals surface area contributed by atoms with Gasteiger partial charge in [-0.1, -0.05) is 42.5 Å². The lowest BCUT2D eigenvalue weighted by Gasteiger charge is -2.23. The number of para-hydroxylation sites is 1. The molecule has 0 radical (unpaired) electrons. The van der Waals surface area contributed by atoms with Gasteiger partial charge in [-0.25, -0.2) is 4.90 Å². The third-order valence-electron chi connectivity index (χ3n) is 5.92. The Morgan fingerprint density at radius 1 is 0.826 bits per heavy atom. The zero-order valence-electron chi connectivity index (χ0n) is 12.9. The van der Waals surface area contributed by atoms with Gasteiger partial charge in [0.25, 0.3) is 0 Å². The highest BCUT2D eigenvalue weighted by molar-refractivity contribution is 6.23. The molecule has 1 aliphatic heterocycles. The van der Waals surface area contributed by atoms with Crippen LogP contribution in [0.2, 0.25) is 0 Å². The summed E-state index contributed by atoms with van der Waals surface area (Å²) in [5, 5.41) is 0. The Labute approximate surface area is 134 Å². The molecule has 4 atom stereocenters. The topological polar surface area (TPSA) is 37.4 Å². The predicted octanol–water partition coefficient (Wildman–Crippen LogP) is 3.39. The Morgan fingerprint density at radius 3 is 1.91 bits per heavy atom. The lowest BCUT2D eigenvalue weighted by molar-refractivity contribution is -0.123. The summed E-state index contributed by atoms with van der Waals surface area (Å²) in [7, 11) is 0. The van der Waals surface area contributed by atoms with Gasteiger partial charge in [-0.2, -0.15) is 0 Å². The molecular formula is C20H17NO2. The standard InChI is InChI=1S/C20H17NO2/c1-11-6-2-5-9-16(11)21-19(22)17-14-10-15(18(17)20(21)23)13-8-4-3-7-12(13)14/h2-9,14-15,17-18H,10H2,1H3. The number of imide groups is 1. The molecule has 2 aliphatic carbocycles. The van der Waals surface area contributed by atoms with E-state index in [2.05, 4.69) is 12.1 Å². The van der Waals surface area contributed by atoms with Gasteiger partial charge in [-0.15, -0.1) is 0 Å². The van der Waals surface area contributed by atoms with Gasteiger partial charge in [0, 0.05) is 0 Å². The fraction of sp³-hybridized carbons (Fsp3) is 0.300. The number of nitrogens with zero attached hydrogens (tertiary/aromatic N) is 1. The summed E-state index contributed by atoms with van der Waals surface area (Å²) in [4.78, 5) is 27.6. The quantitative estimate of drug-likeness (QED) is 0.757. The molecule has 0 spiro atoms. The van der Waals surface area contributed by atoms with E-state index in [1.54, 1.807) is 0 Å². The first-order valence-electron chi connectivity index (χ1n) is 8.20. The van der Waals surface area contributed by atoms with Gasteiger partial charge < -0.3 is 0 Å². The van der Waals surface area contributed by atoms with Gasteiger partial charge in [0.15, 0.2) is 0 Å². The van der Waals surface area contributed by atoms with Crippen LogP contribution >= 0.6 is 0 Å². The second kappa shape index (κ2) is 4.31. The van der Waals surface area contributed by atoms with Crippen LogP contribution in [0.25, 0.3) is 0 Å². The van der Waals surface area contributed by atoms with Crippen molar-refractivity contribution in [1.82, 2.24) is 0 Å². The van der Waals surface area contributed by atoms with Gasteiger partial charge in [0.1, 0.15) is 0 Å². The number of hydrogen-bond donors (Lipinski definition) is 0. The highest BCUT2D eigenvalue weighted by Crippen LogP contribution is 2.62. The highest BCUT2D eigenvalue weighted by atomic mass is 16.2. The van der Waals surface area contributed by atoms with Crippen LogP contribution < -0.4 is 4.90 Å². The van der Waals surface area contributed by atoms with Crippen LogP contribution in [0.4, 0.5) is 5.69 Å². The summed E-state index contributed by atoms with van der Waals surface area (Å²) in [6.45, 7) is 1.95. The fourth-order valence-corrected chi connectivity index (χ4v) is 5.00. The van der Waals surface area contributed by atoms with Crippen molar-refractivity contribution in [2.45, 2.75) is 25.2 Å². The molecule has 1 saturated carbocycles. The lowest BCUT2D eigenvalue weighted by Crippen LogP contribution is -2.33. The molecule has 2 bridgehead atoms. The van der Waals surface area contributed by atoms with Gasteiger partial charge in [-0.3, -0.25) is 9.59 Å². The van der Waals surface area contributed by atoms with Crippen molar-refractivity contribution < 1.29 is 9.59 Å². The monoisotopic (exact) mass is 303 g/mol. The molecule has 2 aromatic rings. The molecule has 0 aromatic heterocycles. The van der Waals surface area contributed by atoms with Crippen molar-refractivity contribution >= 4 is 17.5 Å². The molecule has 1 heterocycles. The molecule has 2 amide bonds. The molecule has 3 heteroatoms. The summed E-state index contributed by atoms with van der Waals surface area (Å²) >= 11 is 0. The van der Waals surface area contributed by atoms with E-state index in [4.69, 9.17) is 0 Å². The van der Waals surface area contributed by atoms with Gasteiger partial charge >= 0.3 is 0 Å². The highest BCUT2D eigenvalue weighted by Gasteiger charge is 2.63. The van der Waals surface area contributed by atoms with Crippen molar-refractivity contribution in [3.05, 3.63) is 65.2 Å². The molecule has 1 saturated heterocycles. The summed E-state index contributed by atoms with van der Waals surface area (Å²) in [5.74, 6) is 0.0926. The summed E-state index contributed by atoms with van der Waals surface area (Å²) < 4.78 is 0. The Balaban J connectivity index is 1.62. The smallest absolute Gasteiger partial charge is 0.238 e. The zero-order valence-corrected chi connectivity index (χ0v) is 12.9. The molecule has 2 aromatic carbocycles. The Bertz CT molecular complexity index is 809. The summed E-state index contributed by atoms with van der Waals surface area (Å²) in [6.07, 6.45) is 0.952. The normalized spacial score (nSPS) is 30.7. The largest absolute Gasteiger partial charge is 0.274 e. The van der Waals surface area contributed by atoms with E-state index in [-0.39, 0.29) is 35.5 Å². The predicted molar refractivity (Wildman–Crippen MR) is 87.2 cm³/mol. The maximum Gasteiger partial charge on any atom is 0.238 e. The molecule has 5 rings (SSSR count). The molecule has 0 N–H and O–H groups in total. The average molecular weight is 303 g/mol. The number of amides is 2. The van der Waals surface area contributed by atoms with E-state index in [1.807, 2.05) is 43.3 Å². The van der Waals surface area contributed by atoms with Crippen molar-refractivity contribution in [1.29, 1.82) is 0 Å². The van der Waals surface area contributed by atoms with Gasteiger partial charge in [0.05, 0.1) is 17.5 Å². The van der Waals surface area contributed by atoms with E-state index in [1.165, 1.54) is 16.0 Å². The Morgan fingerprint density at radius 2 is 1.35 bits per heavy atom. The number of anilines is 1. The number of hydrogen-bond acceptors (Lipinski definition) is 2. The molecule has 23 heavy (non-hydrogen) atoms. The van der Waals surface area contributed by atoms with Crippen LogP contribution in [0.5, 0.6) is 0 Å². The van der Waals surface area contributed by atoms with Crippen molar-refractivity contribution in [3.63, 3.8) is 0 Å². The van der Waals surface area contributed by atoms with Crippen molar-refractivity contribution in [2.75, 3.05) is 4.90 Å². The number of fused-ring (bicyclic) bond motifs is 8. The van der Waals surface area contributed by atoms with Crippen molar-refractivity contribution in [3.8, 4) is 0 Å². The van der Waals surface area contributed by atoms with Crippen molar-refractivity contribution in [2.24, 2.45) is 11.8 Å². The first-order valence-corrected chi connectivity index (χ1v) is 8.20. The van der Waals surface area contributed by atoms with E-state index in [0.29, 0.717) is 0 Å². The van der Waals surface area contributed by atoms with Gasteiger partial charge in [0.2, 0.25) is 11.8 Å². The number of carbonyl (C=O) groups excluding carboxylic acids is 2. The molecule has 114 valence electrons. The third kappa shape index (κ3) is 1.50. The summed E-state index contributed by atoms with van der Waals surface area (Å²) in [5.41, 5.74) is 4.29. The van der Waals surface area contributed by atoms with Crippen LogP contribution in [0, 0.1) is 18.8 Å². The summed E-state index contributed by atoms with van der Waals surface area (Å²) in [6, 6.07) is 16.0. The van der Waals surface area contributed by atoms with E-state index in [9.17, 15) is 9.59 Å². The number of carbonyl (C=O) groups is 2. The second-order valence-electron chi connectivity index (χ2n) is 6.93. The Kier molecular flexibility index (Phi) is 2.45. The second-order valence-corrected chi connectivity index (χ2v) is 6.93. The lowest BCUT2D eigenvalue weighted by atomic mass is 9.77. The van der Waals surface area contributed by atoms with Crippen LogP contribution in [0.15, 0.2) is 48.5 Å². The third-order valence-corrected chi connectivity index (χ3v) is 5.92. The minimum Gasteiger partial charge on any atom is -0.274 e. The van der Waals surface area contributed by atoms with E-state index in [0.717, 1.165) is 17.7 Å². The number of aryl methyl sites for hydroxylation is 1. The molecule has 3 nitrogen and oxygen atoms in total. The molecule has 4 unspecified atom stereocenters. The SMILES string of the molecule is Cc1ccccc1N1C(=O)C2C3CC(c4ccccc43)C2C1=O. The van der Waals surface area contributed by atoms with Gasteiger partial charge in [-0.05, 0) is 47.9 Å². The maximum atomic E-state index is 13.1. The van der Waals surface area contributed by atoms with Crippen LogP contribution in [0.1, 0.15) is 34.9 Å². The average Bonchev–Trinajstić information content (AvgIpc) is 3.20. The number of rotatable bonds is 1.